The van der Waals surface area contributed by atoms with Crippen LogP contribution in [0, 0.1) is 5.92 Å². The van der Waals surface area contributed by atoms with Crippen molar-refractivity contribution in [2.45, 2.75) is 20.3 Å². The molecule has 0 unspecified atom stereocenters. The standard InChI is InChI=1S/C14H20Cl2N2O3S/c1-10(2)8-14(19)17-6-7-18(22(3,20)21)13-9-11(15)4-5-12(13)16/h4-5,9-10H,6-8H2,1-3H3,(H,17,19). The third kappa shape index (κ3) is 6.02. The average molecular weight is 367 g/mol. The number of rotatable bonds is 7. The first kappa shape index (κ1) is 19.1. The van der Waals surface area contributed by atoms with Crippen LogP contribution in [-0.2, 0) is 14.8 Å². The third-order valence-electron chi connectivity index (χ3n) is 2.81. The number of anilines is 1. The molecule has 0 bridgehead atoms. The highest BCUT2D eigenvalue weighted by molar-refractivity contribution is 7.92. The Morgan fingerprint density at radius 1 is 1.32 bits per heavy atom. The van der Waals surface area contributed by atoms with E-state index in [2.05, 4.69) is 5.32 Å². The Bertz CT molecular complexity index is 633. The van der Waals surface area contributed by atoms with Gasteiger partial charge in [0.25, 0.3) is 0 Å². The van der Waals surface area contributed by atoms with Gasteiger partial charge in [-0.3, -0.25) is 9.10 Å². The molecule has 0 aliphatic carbocycles. The van der Waals surface area contributed by atoms with Crippen molar-refractivity contribution >= 4 is 44.8 Å². The second kappa shape index (κ2) is 8.04. The zero-order valence-corrected chi connectivity index (χ0v) is 15.1. The summed E-state index contributed by atoms with van der Waals surface area (Å²) in [5.41, 5.74) is 0.301. The van der Waals surface area contributed by atoms with E-state index in [1.54, 1.807) is 6.07 Å². The largest absolute Gasteiger partial charge is 0.354 e. The summed E-state index contributed by atoms with van der Waals surface area (Å²) in [7, 11) is -3.54. The molecule has 0 heterocycles. The Morgan fingerprint density at radius 2 is 1.95 bits per heavy atom. The quantitative estimate of drug-likeness (QED) is 0.806. The molecule has 1 aromatic rings. The first-order valence-electron chi connectivity index (χ1n) is 6.80. The Morgan fingerprint density at radius 3 is 2.50 bits per heavy atom. The van der Waals surface area contributed by atoms with Crippen molar-refractivity contribution in [3.05, 3.63) is 28.2 Å². The van der Waals surface area contributed by atoms with Crippen LogP contribution >= 0.6 is 23.2 Å². The van der Waals surface area contributed by atoms with Crippen LogP contribution in [0.5, 0.6) is 0 Å². The van der Waals surface area contributed by atoms with E-state index in [0.29, 0.717) is 17.1 Å². The monoisotopic (exact) mass is 366 g/mol. The van der Waals surface area contributed by atoms with Gasteiger partial charge in [-0.2, -0.15) is 0 Å². The van der Waals surface area contributed by atoms with E-state index in [4.69, 9.17) is 23.2 Å². The van der Waals surface area contributed by atoms with E-state index in [1.165, 1.54) is 12.1 Å². The Balaban J connectivity index is 2.84. The summed E-state index contributed by atoms with van der Waals surface area (Å²) < 4.78 is 25.1. The van der Waals surface area contributed by atoms with Gasteiger partial charge in [0, 0.05) is 18.0 Å². The molecule has 5 nitrogen and oxygen atoms in total. The lowest BCUT2D eigenvalue weighted by molar-refractivity contribution is -0.121. The summed E-state index contributed by atoms with van der Waals surface area (Å²) in [6.45, 7) is 4.16. The molecule has 0 saturated carbocycles. The highest BCUT2D eigenvalue weighted by Gasteiger charge is 2.20. The number of benzene rings is 1. The van der Waals surface area contributed by atoms with Gasteiger partial charge < -0.3 is 5.32 Å². The number of carbonyl (C=O) groups is 1. The fourth-order valence-corrected chi connectivity index (χ4v) is 3.25. The van der Waals surface area contributed by atoms with Gasteiger partial charge in [-0.25, -0.2) is 8.42 Å². The minimum atomic E-state index is -3.54. The molecule has 0 radical (unpaired) electrons. The van der Waals surface area contributed by atoms with Crippen LogP contribution in [-0.4, -0.2) is 33.7 Å². The van der Waals surface area contributed by atoms with Crippen LogP contribution in [0.3, 0.4) is 0 Å². The van der Waals surface area contributed by atoms with E-state index in [9.17, 15) is 13.2 Å². The highest BCUT2D eigenvalue weighted by Crippen LogP contribution is 2.30. The van der Waals surface area contributed by atoms with Gasteiger partial charge in [-0.1, -0.05) is 37.0 Å². The SMILES string of the molecule is CC(C)CC(=O)NCCN(c1cc(Cl)ccc1Cl)S(C)(=O)=O. The maximum Gasteiger partial charge on any atom is 0.232 e. The Labute approximate surface area is 141 Å². The molecule has 1 amide bonds. The number of halogens is 2. The maximum atomic E-state index is 12.0. The van der Waals surface area contributed by atoms with E-state index < -0.39 is 10.0 Å². The highest BCUT2D eigenvalue weighted by atomic mass is 35.5. The topological polar surface area (TPSA) is 66.5 Å². The first-order chi connectivity index (χ1) is 10.1. The van der Waals surface area contributed by atoms with Crippen molar-refractivity contribution < 1.29 is 13.2 Å². The lowest BCUT2D eigenvalue weighted by Crippen LogP contribution is -2.38. The van der Waals surface area contributed by atoms with Crippen molar-refractivity contribution in [2.24, 2.45) is 5.92 Å². The summed E-state index contributed by atoms with van der Waals surface area (Å²) in [5.74, 6) is 0.133. The van der Waals surface area contributed by atoms with E-state index in [-0.39, 0.29) is 29.9 Å². The fraction of sp³-hybridized carbons (Fsp3) is 0.500. The molecule has 8 heteroatoms. The number of amides is 1. The molecule has 0 fully saturated rings. The van der Waals surface area contributed by atoms with Gasteiger partial charge >= 0.3 is 0 Å². The summed E-state index contributed by atoms with van der Waals surface area (Å²) in [6.07, 6.45) is 1.48. The van der Waals surface area contributed by atoms with Gasteiger partial charge in [0.15, 0.2) is 0 Å². The van der Waals surface area contributed by atoms with Gasteiger partial charge in [-0.15, -0.1) is 0 Å². The molecule has 1 aromatic carbocycles. The minimum Gasteiger partial charge on any atom is -0.354 e. The summed E-state index contributed by atoms with van der Waals surface area (Å²) in [6, 6.07) is 4.61. The van der Waals surface area contributed by atoms with Gasteiger partial charge in [0.2, 0.25) is 15.9 Å². The normalized spacial score (nSPS) is 11.5. The molecule has 0 aliphatic rings. The lowest BCUT2D eigenvalue weighted by Gasteiger charge is -2.24. The van der Waals surface area contributed by atoms with Gasteiger partial charge in [0.1, 0.15) is 0 Å². The predicted octanol–water partition coefficient (Wildman–Crippen LogP) is 2.92. The molecule has 0 aromatic heterocycles. The average Bonchev–Trinajstić information content (AvgIpc) is 2.35. The van der Waals surface area contributed by atoms with Crippen molar-refractivity contribution in [1.29, 1.82) is 0 Å². The summed E-state index contributed by atoms with van der Waals surface area (Å²) >= 11 is 12.0. The number of carbonyl (C=O) groups excluding carboxylic acids is 1. The van der Waals surface area contributed by atoms with Crippen LogP contribution in [0.2, 0.25) is 10.0 Å². The third-order valence-corrected chi connectivity index (χ3v) is 4.54. The summed E-state index contributed by atoms with van der Waals surface area (Å²) in [4.78, 5) is 11.6. The molecule has 0 saturated heterocycles. The zero-order valence-electron chi connectivity index (χ0n) is 12.8. The zero-order chi connectivity index (χ0) is 16.9. The predicted molar refractivity (Wildman–Crippen MR) is 91.1 cm³/mol. The maximum absolute atomic E-state index is 12.0. The molecule has 0 aliphatic heterocycles. The van der Waals surface area contributed by atoms with Crippen molar-refractivity contribution in [1.82, 2.24) is 5.32 Å². The second-order valence-electron chi connectivity index (χ2n) is 5.38. The van der Waals surface area contributed by atoms with Gasteiger partial charge in [-0.05, 0) is 24.1 Å². The molecular formula is C14H20Cl2N2O3S. The van der Waals surface area contributed by atoms with Crippen LogP contribution in [0.1, 0.15) is 20.3 Å². The number of sulfonamides is 1. The van der Waals surface area contributed by atoms with E-state index in [1.807, 2.05) is 13.8 Å². The Kier molecular flexibility index (Phi) is 6.97. The number of hydrogen-bond acceptors (Lipinski definition) is 3. The molecule has 22 heavy (non-hydrogen) atoms. The number of nitrogens with one attached hydrogen (secondary N) is 1. The minimum absolute atomic E-state index is 0.0860. The number of nitrogens with zero attached hydrogens (tertiary/aromatic N) is 1. The smallest absolute Gasteiger partial charge is 0.232 e. The van der Waals surface area contributed by atoms with E-state index in [0.717, 1.165) is 10.6 Å². The van der Waals surface area contributed by atoms with Crippen LogP contribution in [0.4, 0.5) is 5.69 Å². The molecule has 0 atom stereocenters. The molecule has 1 N–H and O–H groups in total. The van der Waals surface area contributed by atoms with Crippen molar-refractivity contribution in [3.8, 4) is 0 Å². The van der Waals surface area contributed by atoms with Crippen LogP contribution in [0.15, 0.2) is 18.2 Å². The van der Waals surface area contributed by atoms with Crippen molar-refractivity contribution in [2.75, 3.05) is 23.7 Å². The number of hydrogen-bond donors (Lipinski definition) is 1. The van der Waals surface area contributed by atoms with Crippen molar-refractivity contribution in [3.63, 3.8) is 0 Å². The fourth-order valence-electron chi connectivity index (χ4n) is 1.88. The summed E-state index contributed by atoms with van der Waals surface area (Å²) in [5, 5.41) is 3.37. The first-order valence-corrected chi connectivity index (χ1v) is 9.41. The van der Waals surface area contributed by atoms with Crippen LogP contribution in [0.25, 0.3) is 0 Å². The second-order valence-corrected chi connectivity index (χ2v) is 8.13. The van der Waals surface area contributed by atoms with Gasteiger partial charge in [0.05, 0.1) is 23.5 Å². The molecule has 1 rings (SSSR count). The van der Waals surface area contributed by atoms with E-state index >= 15 is 0 Å². The molecule has 0 spiro atoms. The lowest BCUT2D eigenvalue weighted by atomic mass is 10.1. The molecular weight excluding hydrogens is 347 g/mol. The van der Waals surface area contributed by atoms with Crippen LogP contribution < -0.4 is 9.62 Å². The Hall–Kier alpha value is -0.980. The molecule has 124 valence electrons.